The van der Waals surface area contributed by atoms with E-state index in [1.807, 2.05) is 56.3 Å². The first-order chi connectivity index (χ1) is 16.0. The van der Waals surface area contributed by atoms with Crippen molar-refractivity contribution < 1.29 is 0 Å². The standard InChI is InChI=1S/C27H23BrN4O/c1-18(2)26-30-24-13-12-21(28)14-23(24)27(33)32(26)29-15-20-17-31(16-19-8-4-3-5-9-19)25-11-7-6-10-22(20)25/h3-15,17-18H,16H2,1-2H3. The highest BCUT2D eigenvalue weighted by atomic mass is 79.9. The van der Waals surface area contributed by atoms with Crippen LogP contribution in [0.4, 0.5) is 0 Å². The Labute approximate surface area is 200 Å². The van der Waals surface area contributed by atoms with Crippen molar-refractivity contribution in [3.8, 4) is 0 Å². The molecule has 0 radical (unpaired) electrons. The maximum atomic E-state index is 13.3. The van der Waals surface area contributed by atoms with Crippen LogP contribution in [0.1, 0.15) is 36.7 Å². The monoisotopic (exact) mass is 498 g/mol. The number of hydrogen-bond acceptors (Lipinski definition) is 3. The van der Waals surface area contributed by atoms with Crippen molar-refractivity contribution >= 4 is 44.0 Å². The summed E-state index contributed by atoms with van der Waals surface area (Å²) >= 11 is 3.45. The normalized spacial score (nSPS) is 11.9. The van der Waals surface area contributed by atoms with Crippen LogP contribution in [-0.2, 0) is 6.54 Å². The van der Waals surface area contributed by atoms with E-state index in [0.29, 0.717) is 16.7 Å². The van der Waals surface area contributed by atoms with Gasteiger partial charge in [0, 0.05) is 39.6 Å². The zero-order valence-corrected chi connectivity index (χ0v) is 20.0. The van der Waals surface area contributed by atoms with Crippen LogP contribution in [-0.4, -0.2) is 20.4 Å². The number of para-hydroxylation sites is 1. The highest BCUT2D eigenvalue weighted by Gasteiger charge is 2.14. The van der Waals surface area contributed by atoms with Gasteiger partial charge in [0.05, 0.1) is 17.1 Å². The maximum absolute atomic E-state index is 13.3. The van der Waals surface area contributed by atoms with Crippen molar-refractivity contribution in [1.82, 2.24) is 14.2 Å². The van der Waals surface area contributed by atoms with Crippen molar-refractivity contribution in [3.05, 3.63) is 111 Å². The molecule has 33 heavy (non-hydrogen) atoms. The molecule has 0 fully saturated rings. The molecule has 0 unspecified atom stereocenters. The predicted molar refractivity (Wildman–Crippen MR) is 138 cm³/mol. The molecular formula is C27H23BrN4O. The molecule has 0 bridgehead atoms. The van der Waals surface area contributed by atoms with E-state index in [1.165, 1.54) is 10.2 Å². The van der Waals surface area contributed by atoms with Gasteiger partial charge in [-0.1, -0.05) is 78.3 Å². The molecule has 0 amide bonds. The van der Waals surface area contributed by atoms with Gasteiger partial charge in [-0.05, 0) is 29.8 Å². The summed E-state index contributed by atoms with van der Waals surface area (Å²) in [5.41, 5.74) is 3.81. The van der Waals surface area contributed by atoms with Gasteiger partial charge in [0.1, 0.15) is 5.82 Å². The summed E-state index contributed by atoms with van der Waals surface area (Å²) in [7, 11) is 0. The molecule has 0 saturated heterocycles. The molecule has 5 rings (SSSR count). The zero-order valence-electron chi connectivity index (χ0n) is 18.4. The van der Waals surface area contributed by atoms with Crippen LogP contribution in [0.25, 0.3) is 21.8 Å². The number of benzene rings is 3. The Morgan fingerprint density at radius 2 is 1.76 bits per heavy atom. The lowest BCUT2D eigenvalue weighted by atomic mass is 10.2. The van der Waals surface area contributed by atoms with Crippen molar-refractivity contribution in [3.63, 3.8) is 0 Å². The zero-order chi connectivity index (χ0) is 22.9. The smallest absolute Gasteiger partial charge is 0.282 e. The van der Waals surface area contributed by atoms with Crippen LogP contribution in [0.2, 0.25) is 0 Å². The molecule has 0 N–H and O–H groups in total. The van der Waals surface area contributed by atoms with Crippen LogP contribution >= 0.6 is 15.9 Å². The second-order valence-electron chi connectivity index (χ2n) is 8.36. The Kier molecular flexibility index (Phi) is 5.68. The van der Waals surface area contributed by atoms with E-state index in [2.05, 4.69) is 56.1 Å². The number of rotatable bonds is 5. The van der Waals surface area contributed by atoms with E-state index in [1.54, 1.807) is 12.3 Å². The topological polar surface area (TPSA) is 52.2 Å². The second kappa shape index (κ2) is 8.79. The van der Waals surface area contributed by atoms with E-state index in [4.69, 9.17) is 4.98 Å². The van der Waals surface area contributed by atoms with E-state index >= 15 is 0 Å². The third kappa shape index (κ3) is 4.14. The molecule has 0 aliphatic rings. The van der Waals surface area contributed by atoms with Crippen LogP contribution in [0.3, 0.4) is 0 Å². The minimum atomic E-state index is -0.172. The lowest BCUT2D eigenvalue weighted by Gasteiger charge is -2.11. The summed E-state index contributed by atoms with van der Waals surface area (Å²) in [6, 6.07) is 24.2. The van der Waals surface area contributed by atoms with Crippen LogP contribution in [0.15, 0.2) is 93.4 Å². The van der Waals surface area contributed by atoms with Gasteiger partial charge < -0.3 is 4.57 Å². The van der Waals surface area contributed by atoms with Gasteiger partial charge >= 0.3 is 0 Å². The number of halogens is 1. The van der Waals surface area contributed by atoms with E-state index in [0.717, 1.165) is 27.5 Å². The molecule has 5 nitrogen and oxygen atoms in total. The molecule has 3 aromatic carbocycles. The van der Waals surface area contributed by atoms with Crippen LogP contribution in [0, 0.1) is 0 Å². The van der Waals surface area contributed by atoms with Gasteiger partial charge in [0.25, 0.3) is 5.56 Å². The Morgan fingerprint density at radius 3 is 2.55 bits per heavy atom. The second-order valence-corrected chi connectivity index (χ2v) is 9.28. The first-order valence-electron chi connectivity index (χ1n) is 10.9. The van der Waals surface area contributed by atoms with Gasteiger partial charge in [0.2, 0.25) is 0 Å². The Morgan fingerprint density at radius 1 is 1.00 bits per heavy atom. The van der Waals surface area contributed by atoms with Gasteiger partial charge in [0.15, 0.2) is 0 Å². The quantitative estimate of drug-likeness (QED) is 0.272. The molecule has 6 heteroatoms. The maximum Gasteiger partial charge on any atom is 0.282 e. The fourth-order valence-electron chi connectivity index (χ4n) is 4.06. The minimum absolute atomic E-state index is 0.0438. The summed E-state index contributed by atoms with van der Waals surface area (Å²) in [6.07, 6.45) is 3.86. The van der Waals surface area contributed by atoms with Crippen molar-refractivity contribution in [2.45, 2.75) is 26.3 Å². The number of aromatic nitrogens is 3. The first kappa shape index (κ1) is 21.3. The van der Waals surface area contributed by atoms with E-state index in [-0.39, 0.29) is 11.5 Å². The molecule has 0 aliphatic heterocycles. The van der Waals surface area contributed by atoms with Crippen molar-refractivity contribution in [1.29, 1.82) is 0 Å². The fraction of sp³-hybridized carbons (Fsp3) is 0.148. The number of hydrogen-bond donors (Lipinski definition) is 0. The predicted octanol–water partition coefficient (Wildman–Crippen LogP) is 6.17. The molecule has 0 atom stereocenters. The summed E-state index contributed by atoms with van der Waals surface area (Å²) < 4.78 is 4.49. The molecule has 0 aliphatic carbocycles. The molecule has 0 saturated carbocycles. The van der Waals surface area contributed by atoms with Crippen molar-refractivity contribution in [2.75, 3.05) is 0 Å². The summed E-state index contributed by atoms with van der Waals surface area (Å²) in [5, 5.41) is 6.27. The molecule has 5 aromatic rings. The molecule has 2 heterocycles. The van der Waals surface area contributed by atoms with E-state index < -0.39 is 0 Å². The SMILES string of the molecule is CC(C)c1nc2ccc(Br)cc2c(=O)n1N=Cc1cn(Cc2ccccc2)c2ccccc12. The molecule has 2 aromatic heterocycles. The van der Waals surface area contributed by atoms with Gasteiger partial charge in [-0.15, -0.1) is 0 Å². The lowest BCUT2D eigenvalue weighted by molar-refractivity contribution is 0.665. The Balaban J connectivity index is 1.63. The largest absolute Gasteiger partial charge is 0.342 e. The lowest BCUT2D eigenvalue weighted by Crippen LogP contribution is -2.23. The van der Waals surface area contributed by atoms with Gasteiger partial charge in [-0.3, -0.25) is 4.79 Å². The summed E-state index contributed by atoms with van der Waals surface area (Å²) in [5.74, 6) is 0.682. The van der Waals surface area contributed by atoms with Crippen LogP contribution < -0.4 is 5.56 Å². The average molecular weight is 499 g/mol. The number of nitrogens with zero attached hydrogens (tertiary/aromatic N) is 4. The average Bonchev–Trinajstić information content (AvgIpc) is 3.16. The Bertz CT molecular complexity index is 1550. The van der Waals surface area contributed by atoms with Crippen LogP contribution in [0.5, 0.6) is 0 Å². The van der Waals surface area contributed by atoms with Crippen molar-refractivity contribution in [2.24, 2.45) is 5.10 Å². The van der Waals surface area contributed by atoms with Gasteiger partial charge in [-0.2, -0.15) is 9.78 Å². The molecular weight excluding hydrogens is 476 g/mol. The summed E-state index contributed by atoms with van der Waals surface area (Å²) in [4.78, 5) is 18.1. The summed E-state index contributed by atoms with van der Waals surface area (Å²) in [6.45, 7) is 4.80. The van der Waals surface area contributed by atoms with Gasteiger partial charge in [-0.25, -0.2) is 4.98 Å². The highest BCUT2D eigenvalue weighted by molar-refractivity contribution is 9.10. The van der Waals surface area contributed by atoms with E-state index in [9.17, 15) is 4.79 Å². The number of fused-ring (bicyclic) bond motifs is 2. The molecule has 164 valence electrons. The minimum Gasteiger partial charge on any atom is -0.342 e. The third-order valence-electron chi connectivity index (χ3n) is 5.68. The fourth-order valence-corrected chi connectivity index (χ4v) is 4.42. The first-order valence-corrected chi connectivity index (χ1v) is 11.7. The third-order valence-corrected chi connectivity index (χ3v) is 6.17. The Hall–Kier alpha value is -3.51. The molecule has 0 spiro atoms. The highest BCUT2D eigenvalue weighted by Crippen LogP contribution is 2.22.